The maximum absolute atomic E-state index is 11.4. The largest absolute Gasteiger partial charge is 0.469 e. The van der Waals surface area contributed by atoms with Gasteiger partial charge in [-0.05, 0) is 19.8 Å². The van der Waals surface area contributed by atoms with Crippen LogP contribution in [0.5, 0.6) is 0 Å². The third-order valence-electron chi connectivity index (χ3n) is 2.35. The number of hydrogen-bond donors (Lipinski definition) is 0. The molecule has 0 aliphatic heterocycles. The molecule has 0 bridgehead atoms. The standard InChI is InChI=1S/C11H20O4/c1-5-9(11(13)15-6-2)7-8(3)10(12)14-4/h8-9H,5-7H2,1-4H3. The fraction of sp³-hybridized carbons (Fsp3) is 0.818. The molecule has 4 nitrogen and oxygen atoms in total. The van der Waals surface area contributed by atoms with Crippen LogP contribution in [-0.4, -0.2) is 25.7 Å². The summed E-state index contributed by atoms with van der Waals surface area (Å²) in [5, 5.41) is 0. The number of methoxy groups -OCH3 is 1. The van der Waals surface area contributed by atoms with E-state index in [1.54, 1.807) is 13.8 Å². The van der Waals surface area contributed by atoms with Crippen molar-refractivity contribution >= 4 is 11.9 Å². The zero-order chi connectivity index (χ0) is 11.8. The molecule has 88 valence electrons. The Morgan fingerprint density at radius 1 is 1.20 bits per heavy atom. The molecule has 4 heteroatoms. The molecule has 0 N–H and O–H groups in total. The third-order valence-corrected chi connectivity index (χ3v) is 2.35. The summed E-state index contributed by atoms with van der Waals surface area (Å²) in [7, 11) is 1.35. The predicted molar refractivity (Wildman–Crippen MR) is 56.2 cm³/mol. The van der Waals surface area contributed by atoms with Gasteiger partial charge in [0, 0.05) is 0 Å². The van der Waals surface area contributed by atoms with Crippen molar-refractivity contribution < 1.29 is 19.1 Å². The third kappa shape index (κ3) is 4.81. The van der Waals surface area contributed by atoms with E-state index in [9.17, 15) is 9.59 Å². The smallest absolute Gasteiger partial charge is 0.308 e. The van der Waals surface area contributed by atoms with E-state index in [-0.39, 0.29) is 23.8 Å². The minimum Gasteiger partial charge on any atom is -0.469 e. The highest BCUT2D eigenvalue weighted by molar-refractivity contribution is 5.75. The summed E-state index contributed by atoms with van der Waals surface area (Å²) in [6, 6.07) is 0. The molecule has 15 heavy (non-hydrogen) atoms. The first-order valence-electron chi connectivity index (χ1n) is 5.31. The second kappa shape index (κ2) is 7.26. The number of carbonyl (C=O) groups is 2. The number of carbonyl (C=O) groups excluding carboxylic acids is 2. The van der Waals surface area contributed by atoms with Crippen molar-refractivity contribution in [1.29, 1.82) is 0 Å². The first kappa shape index (κ1) is 13.9. The zero-order valence-electron chi connectivity index (χ0n) is 9.91. The molecule has 0 saturated carbocycles. The minimum atomic E-state index is -0.280. The summed E-state index contributed by atoms with van der Waals surface area (Å²) in [5.41, 5.74) is 0. The van der Waals surface area contributed by atoms with Crippen LogP contribution in [0.15, 0.2) is 0 Å². The van der Waals surface area contributed by atoms with Crippen molar-refractivity contribution in [2.24, 2.45) is 11.8 Å². The minimum absolute atomic E-state index is 0.209. The SMILES string of the molecule is CCOC(=O)C(CC)CC(C)C(=O)OC. The lowest BCUT2D eigenvalue weighted by molar-refractivity contribution is -0.150. The van der Waals surface area contributed by atoms with Gasteiger partial charge in [0.15, 0.2) is 0 Å². The number of hydrogen-bond acceptors (Lipinski definition) is 4. The first-order chi connectivity index (χ1) is 7.06. The van der Waals surface area contributed by atoms with Crippen LogP contribution in [0.4, 0.5) is 0 Å². The van der Waals surface area contributed by atoms with Crippen molar-refractivity contribution in [3.63, 3.8) is 0 Å². The van der Waals surface area contributed by atoms with Gasteiger partial charge < -0.3 is 9.47 Å². The second-order valence-electron chi connectivity index (χ2n) is 3.52. The molecule has 0 aromatic heterocycles. The van der Waals surface area contributed by atoms with Gasteiger partial charge in [0.05, 0.1) is 25.6 Å². The van der Waals surface area contributed by atoms with Gasteiger partial charge in [0.25, 0.3) is 0 Å². The van der Waals surface area contributed by atoms with Gasteiger partial charge in [-0.3, -0.25) is 9.59 Å². The van der Waals surface area contributed by atoms with E-state index in [2.05, 4.69) is 4.74 Å². The summed E-state index contributed by atoms with van der Waals surface area (Å²) < 4.78 is 9.52. The van der Waals surface area contributed by atoms with Crippen molar-refractivity contribution in [1.82, 2.24) is 0 Å². The Labute approximate surface area is 90.9 Å². The van der Waals surface area contributed by atoms with Crippen LogP contribution in [0.2, 0.25) is 0 Å². The van der Waals surface area contributed by atoms with Crippen molar-refractivity contribution in [3.8, 4) is 0 Å². The van der Waals surface area contributed by atoms with Gasteiger partial charge in [-0.2, -0.15) is 0 Å². The molecule has 0 fully saturated rings. The molecule has 2 unspecified atom stereocenters. The molecule has 2 atom stereocenters. The van der Waals surface area contributed by atoms with E-state index in [0.29, 0.717) is 19.4 Å². The van der Waals surface area contributed by atoms with Gasteiger partial charge in [0.1, 0.15) is 0 Å². The lowest BCUT2D eigenvalue weighted by Gasteiger charge is -2.16. The fourth-order valence-corrected chi connectivity index (χ4v) is 1.41. The Morgan fingerprint density at radius 3 is 2.20 bits per heavy atom. The molecule has 0 aliphatic rings. The lowest BCUT2D eigenvalue weighted by atomic mass is 9.94. The van der Waals surface area contributed by atoms with Gasteiger partial charge in [-0.15, -0.1) is 0 Å². The number of rotatable bonds is 6. The van der Waals surface area contributed by atoms with Crippen LogP contribution < -0.4 is 0 Å². The van der Waals surface area contributed by atoms with E-state index < -0.39 is 0 Å². The summed E-state index contributed by atoms with van der Waals surface area (Å²) in [6.07, 6.45) is 1.17. The highest BCUT2D eigenvalue weighted by Crippen LogP contribution is 2.18. The van der Waals surface area contributed by atoms with Crippen molar-refractivity contribution in [2.45, 2.75) is 33.6 Å². The second-order valence-corrected chi connectivity index (χ2v) is 3.52. The van der Waals surface area contributed by atoms with Crippen LogP contribution in [0.3, 0.4) is 0 Å². The summed E-state index contributed by atoms with van der Waals surface area (Å²) in [5.74, 6) is -0.975. The van der Waals surface area contributed by atoms with Crippen molar-refractivity contribution in [2.75, 3.05) is 13.7 Å². The van der Waals surface area contributed by atoms with Crippen LogP contribution in [0.1, 0.15) is 33.6 Å². The van der Waals surface area contributed by atoms with Gasteiger partial charge in [-0.1, -0.05) is 13.8 Å². The van der Waals surface area contributed by atoms with E-state index in [1.165, 1.54) is 7.11 Å². The summed E-state index contributed by atoms with van der Waals surface area (Å²) in [4.78, 5) is 22.6. The zero-order valence-corrected chi connectivity index (χ0v) is 9.91. The highest BCUT2D eigenvalue weighted by atomic mass is 16.5. The molecule has 0 aromatic carbocycles. The van der Waals surface area contributed by atoms with Gasteiger partial charge in [0.2, 0.25) is 0 Å². The Hall–Kier alpha value is -1.06. The van der Waals surface area contributed by atoms with E-state index >= 15 is 0 Å². The average molecular weight is 216 g/mol. The quantitative estimate of drug-likeness (QED) is 0.635. The Kier molecular flexibility index (Phi) is 6.75. The first-order valence-corrected chi connectivity index (χ1v) is 5.31. The molecule has 0 heterocycles. The molecule has 0 aromatic rings. The van der Waals surface area contributed by atoms with Crippen LogP contribution in [0.25, 0.3) is 0 Å². The Bertz CT molecular complexity index is 213. The molecule has 0 rings (SSSR count). The van der Waals surface area contributed by atoms with Crippen LogP contribution >= 0.6 is 0 Å². The maximum Gasteiger partial charge on any atom is 0.308 e. The number of ether oxygens (including phenoxy) is 2. The summed E-state index contributed by atoms with van der Waals surface area (Å²) >= 11 is 0. The lowest BCUT2D eigenvalue weighted by Crippen LogP contribution is -2.23. The van der Waals surface area contributed by atoms with E-state index in [1.807, 2.05) is 6.92 Å². The van der Waals surface area contributed by atoms with E-state index in [4.69, 9.17) is 4.74 Å². The summed E-state index contributed by atoms with van der Waals surface area (Å²) in [6.45, 7) is 5.82. The van der Waals surface area contributed by atoms with E-state index in [0.717, 1.165) is 0 Å². The molecule has 0 spiro atoms. The Morgan fingerprint density at radius 2 is 1.80 bits per heavy atom. The van der Waals surface area contributed by atoms with Crippen LogP contribution in [0, 0.1) is 11.8 Å². The molecular formula is C11H20O4. The predicted octanol–water partition coefficient (Wildman–Crippen LogP) is 1.77. The average Bonchev–Trinajstić information content (AvgIpc) is 2.24. The fourth-order valence-electron chi connectivity index (χ4n) is 1.41. The Balaban J connectivity index is 4.20. The molecule has 0 saturated heterocycles. The van der Waals surface area contributed by atoms with Crippen molar-refractivity contribution in [3.05, 3.63) is 0 Å². The monoisotopic (exact) mass is 216 g/mol. The molecule has 0 aliphatic carbocycles. The maximum atomic E-state index is 11.4. The molecular weight excluding hydrogens is 196 g/mol. The molecule has 0 radical (unpaired) electrons. The normalized spacial score (nSPS) is 14.1. The molecule has 0 amide bonds. The number of esters is 2. The highest BCUT2D eigenvalue weighted by Gasteiger charge is 2.24. The van der Waals surface area contributed by atoms with Crippen LogP contribution in [-0.2, 0) is 19.1 Å². The topological polar surface area (TPSA) is 52.6 Å². The van der Waals surface area contributed by atoms with Gasteiger partial charge in [-0.25, -0.2) is 0 Å². The van der Waals surface area contributed by atoms with Gasteiger partial charge >= 0.3 is 11.9 Å².